The number of aromatic nitrogens is 1. The number of aliphatic hydroxyl groups is 1. The third-order valence-electron chi connectivity index (χ3n) is 10.3. The molecule has 0 aliphatic heterocycles. The normalized spacial score (nSPS) is 11.1. The molecule has 0 atom stereocenters. The number of benzene rings is 9. The SMILES string of the molecule is Brc1ccc2c3ccc(Br)cc3c3oc(-c4cccc5ccccc45)nc3c2c1.CC(=O)O.CCO.N.O=C1C(=O)c2cc(Br)ccc2-c2ccc(Br)cc21.O=Cc1cccc2ccccc12. The number of rotatable bonds is 2. The van der Waals surface area contributed by atoms with Gasteiger partial charge >= 0.3 is 0 Å². The molecule has 0 unspecified atom stereocenters. The fourth-order valence-electron chi connectivity index (χ4n) is 7.58. The summed E-state index contributed by atoms with van der Waals surface area (Å²) in [5, 5.41) is 23.9. The number of nitrogens with zero attached hydrogens (tertiary/aromatic N) is 1. The maximum absolute atomic E-state index is 12.1. The third kappa shape index (κ3) is 11.2. The topological polar surface area (TPSA) is 170 Å². The number of aldehydes is 1. The molecule has 1 heterocycles. The highest BCUT2D eigenvalue weighted by Crippen LogP contribution is 2.41. The molecule has 1 aliphatic carbocycles. The molecule has 13 heteroatoms. The van der Waals surface area contributed by atoms with Crippen LogP contribution in [0.1, 0.15) is 44.9 Å². The average Bonchev–Trinajstić information content (AvgIpc) is 3.77. The second kappa shape index (κ2) is 22.5. The molecule has 67 heavy (non-hydrogen) atoms. The maximum atomic E-state index is 12.1. The Balaban J connectivity index is 0.000000166. The smallest absolute Gasteiger partial charge is 0.300 e. The molecule has 9 nitrogen and oxygen atoms in total. The number of carboxylic acid groups (broad SMARTS) is 1. The second-order valence-corrected chi connectivity index (χ2v) is 18.3. The van der Waals surface area contributed by atoms with Crippen molar-refractivity contribution in [3.63, 3.8) is 0 Å². The lowest BCUT2D eigenvalue weighted by Crippen LogP contribution is -2.21. The number of fused-ring (bicyclic) bond motifs is 11. The summed E-state index contributed by atoms with van der Waals surface area (Å²) in [6.45, 7) is 3.01. The lowest BCUT2D eigenvalue weighted by Gasteiger charge is -2.18. The van der Waals surface area contributed by atoms with E-state index in [1.807, 2.05) is 78.9 Å². The molecule has 0 fully saturated rings. The summed E-state index contributed by atoms with van der Waals surface area (Å²) < 4.78 is 10.1. The van der Waals surface area contributed by atoms with Crippen LogP contribution in [0.15, 0.2) is 180 Å². The summed E-state index contributed by atoms with van der Waals surface area (Å²) in [5.74, 6) is -1.08. The van der Waals surface area contributed by atoms with Gasteiger partial charge in [0.1, 0.15) is 5.52 Å². The number of halogens is 4. The second-order valence-electron chi connectivity index (χ2n) is 14.7. The van der Waals surface area contributed by atoms with Crippen molar-refractivity contribution >= 4 is 142 Å². The Hall–Kier alpha value is -6.19. The van der Waals surface area contributed by atoms with Gasteiger partial charge in [0.05, 0.1) is 0 Å². The number of ketones is 2. The summed E-state index contributed by atoms with van der Waals surface area (Å²) in [7, 11) is 0. The van der Waals surface area contributed by atoms with Gasteiger partial charge in [0.15, 0.2) is 11.9 Å². The lowest BCUT2D eigenvalue weighted by molar-refractivity contribution is -0.134. The molecule has 1 aromatic heterocycles. The van der Waals surface area contributed by atoms with E-state index in [1.54, 1.807) is 19.1 Å². The van der Waals surface area contributed by atoms with E-state index in [0.717, 1.165) is 96.8 Å². The minimum absolute atomic E-state index is 0. The van der Waals surface area contributed by atoms with Crippen LogP contribution < -0.4 is 6.15 Å². The van der Waals surface area contributed by atoms with Gasteiger partial charge in [-0.2, -0.15) is 0 Å². The molecular formula is C54H40Br4N2O7. The van der Waals surface area contributed by atoms with Crippen molar-refractivity contribution in [2.24, 2.45) is 0 Å². The molecule has 1 aliphatic rings. The molecule has 0 radical (unpaired) electrons. The van der Waals surface area contributed by atoms with E-state index in [-0.39, 0.29) is 12.8 Å². The van der Waals surface area contributed by atoms with Crippen molar-refractivity contribution in [1.82, 2.24) is 11.1 Å². The number of hydrogen-bond donors (Lipinski definition) is 3. The first-order valence-electron chi connectivity index (χ1n) is 20.3. The predicted molar refractivity (Wildman–Crippen MR) is 284 cm³/mol. The highest BCUT2D eigenvalue weighted by atomic mass is 79.9. The summed E-state index contributed by atoms with van der Waals surface area (Å²) in [4.78, 5) is 48.7. The van der Waals surface area contributed by atoms with Gasteiger partial charge in [-0.15, -0.1) is 0 Å². The van der Waals surface area contributed by atoms with Crippen LogP contribution in [0.5, 0.6) is 0 Å². The van der Waals surface area contributed by atoms with Gasteiger partial charge in [0.25, 0.3) is 5.97 Å². The van der Waals surface area contributed by atoms with Gasteiger partial charge in [-0.05, 0) is 105 Å². The largest absolute Gasteiger partial charge is 0.481 e. The van der Waals surface area contributed by atoms with Gasteiger partial charge in [0.2, 0.25) is 17.5 Å². The highest BCUT2D eigenvalue weighted by molar-refractivity contribution is 9.11. The Morgan fingerprint density at radius 2 is 0.985 bits per heavy atom. The monoisotopic (exact) mass is 1140 g/mol. The van der Waals surface area contributed by atoms with Crippen molar-refractivity contribution in [3.05, 3.63) is 192 Å². The molecule has 11 rings (SSSR count). The van der Waals surface area contributed by atoms with Crippen LogP contribution in [0.4, 0.5) is 0 Å². The summed E-state index contributed by atoms with van der Waals surface area (Å²) in [6.07, 6.45) is 0.891. The molecule has 0 amide bonds. The van der Waals surface area contributed by atoms with Gasteiger partial charge in [0, 0.05) is 64.4 Å². The molecule has 0 bridgehead atoms. The molecule has 0 saturated carbocycles. The fourth-order valence-corrected chi connectivity index (χ4v) is 9.02. The van der Waals surface area contributed by atoms with Gasteiger partial charge in [-0.3, -0.25) is 19.2 Å². The average molecular weight is 1150 g/mol. The van der Waals surface area contributed by atoms with Gasteiger partial charge in [-0.1, -0.05) is 167 Å². The number of carboxylic acids is 1. The summed E-state index contributed by atoms with van der Waals surface area (Å²) in [5.41, 5.74) is 6.01. The lowest BCUT2D eigenvalue weighted by atomic mass is 9.84. The third-order valence-corrected chi connectivity index (χ3v) is 12.3. The number of carbonyl (C=O) groups is 4. The van der Waals surface area contributed by atoms with Crippen molar-refractivity contribution < 1.29 is 33.8 Å². The van der Waals surface area contributed by atoms with E-state index in [9.17, 15) is 14.4 Å². The molecule has 0 spiro atoms. The van der Waals surface area contributed by atoms with E-state index < -0.39 is 17.5 Å². The number of Topliss-reactive ketones (excluding diaryl/α,β-unsaturated/α-hetero) is 2. The van der Waals surface area contributed by atoms with Crippen molar-refractivity contribution in [2.45, 2.75) is 13.8 Å². The van der Waals surface area contributed by atoms with Crippen LogP contribution in [0.25, 0.3) is 76.8 Å². The standard InChI is InChI=1S/C25H13Br2NO.C14H6Br2O2.C11H8O.C2H4O2.C2H6O.H3N/c26-15-8-10-18-19-11-9-16(27)13-22(19)24-23(21(18)12-15)28-25(29-24)20-7-3-5-14-4-1-2-6-17(14)20;15-7-1-3-9-10-4-2-8(16)6-12(10)14(18)13(17)11(9)5-7;12-8-10-6-3-5-9-4-1-2-7-11(9)10;1-2(3)4;1-2-3;/h1-13H;1-6H;1-8H;1H3,(H,3,4);3H,2H2,1H3;1H3. The Bertz CT molecular complexity index is 3340. The van der Waals surface area contributed by atoms with Crippen LogP contribution in [0, 0.1) is 0 Å². The van der Waals surface area contributed by atoms with Crippen LogP contribution >= 0.6 is 63.7 Å². The maximum Gasteiger partial charge on any atom is 0.300 e. The van der Waals surface area contributed by atoms with E-state index in [0.29, 0.717) is 17.0 Å². The minimum atomic E-state index is -0.833. The number of aliphatic carboxylic acids is 1. The zero-order valence-corrected chi connectivity index (χ0v) is 42.2. The fraction of sp³-hybridized carbons (Fsp3) is 0.0556. The number of aliphatic hydroxyl groups excluding tert-OH is 1. The molecule has 9 aromatic carbocycles. The Morgan fingerprint density at radius 3 is 1.54 bits per heavy atom. The highest BCUT2D eigenvalue weighted by Gasteiger charge is 2.30. The van der Waals surface area contributed by atoms with Gasteiger partial charge < -0.3 is 20.8 Å². The van der Waals surface area contributed by atoms with Crippen LogP contribution in [0.3, 0.4) is 0 Å². The Kier molecular flexibility index (Phi) is 16.9. The molecular weight excluding hydrogens is 1110 g/mol. The number of carbonyl (C=O) groups excluding carboxylic acids is 3. The zero-order valence-electron chi connectivity index (χ0n) is 35.9. The van der Waals surface area contributed by atoms with Crippen LogP contribution in [0.2, 0.25) is 0 Å². The van der Waals surface area contributed by atoms with Crippen LogP contribution in [-0.4, -0.2) is 45.6 Å². The first-order chi connectivity index (χ1) is 31.8. The number of oxazole rings is 1. The predicted octanol–water partition coefficient (Wildman–Crippen LogP) is 15.6. The van der Waals surface area contributed by atoms with Crippen molar-refractivity contribution in [2.75, 3.05) is 6.61 Å². The summed E-state index contributed by atoms with van der Waals surface area (Å²) in [6, 6.07) is 51.6. The molecule has 336 valence electrons. The Labute approximate surface area is 418 Å². The van der Waals surface area contributed by atoms with Gasteiger partial charge in [-0.25, -0.2) is 4.98 Å². The van der Waals surface area contributed by atoms with Crippen molar-refractivity contribution in [3.8, 4) is 22.6 Å². The first kappa shape index (κ1) is 50.2. The van der Waals surface area contributed by atoms with E-state index >= 15 is 0 Å². The molecule has 0 saturated heterocycles. The molecule has 5 N–H and O–H groups in total. The first-order valence-corrected chi connectivity index (χ1v) is 23.5. The minimum Gasteiger partial charge on any atom is -0.481 e. The van der Waals surface area contributed by atoms with E-state index in [4.69, 9.17) is 24.4 Å². The number of hydrogen-bond acceptors (Lipinski definition) is 8. The van der Waals surface area contributed by atoms with E-state index in [2.05, 4.69) is 130 Å². The van der Waals surface area contributed by atoms with Crippen LogP contribution in [-0.2, 0) is 4.79 Å². The molecule has 10 aromatic rings. The van der Waals surface area contributed by atoms with Crippen molar-refractivity contribution in [1.29, 1.82) is 0 Å². The summed E-state index contributed by atoms with van der Waals surface area (Å²) >= 11 is 13.9. The quantitative estimate of drug-likeness (QED) is 0.0866. The van der Waals surface area contributed by atoms with E-state index in [1.165, 1.54) is 10.8 Å². The zero-order chi connectivity index (χ0) is 47.1. The Morgan fingerprint density at radius 1 is 0.552 bits per heavy atom.